The van der Waals surface area contributed by atoms with Gasteiger partial charge in [0.2, 0.25) is 0 Å². The van der Waals surface area contributed by atoms with Crippen LogP contribution in [0.5, 0.6) is 0 Å². The molecule has 0 radical (unpaired) electrons. The van der Waals surface area contributed by atoms with Crippen LogP contribution in [0.3, 0.4) is 0 Å². The van der Waals surface area contributed by atoms with Gasteiger partial charge in [-0.25, -0.2) is 0 Å². The Morgan fingerprint density at radius 3 is 2.73 bits per heavy atom. The van der Waals surface area contributed by atoms with E-state index in [1.165, 1.54) is 48.6 Å². The number of nitrogens with zero attached hydrogens (tertiary/aromatic N) is 1. The highest BCUT2D eigenvalue weighted by molar-refractivity contribution is 5.89. The van der Waals surface area contributed by atoms with Crippen LogP contribution in [0.2, 0.25) is 0 Å². The number of benzene rings is 1. The van der Waals surface area contributed by atoms with Crippen molar-refractivity contribution in [2.75, 3.05) is 6.61 Å². The molecule has 0 amide bonds. The summed E-state index contributed by atoms with van der Waals surface area (Å²) in [6, 6.07) is 8.66. The van der Waals surface area contributed by atoms with Crippen LogP contribution >= 0.6 is 0 Å². The van der Waals surface area contributed by atoms with Gasteiger partial charge in [-0.3, -0.25) is 0 Å². The number of aliphatic hydroxyl groups is 1. The molecule has 0 spiro atoms. The van der Waals surface area contributed by atoms with E-state index in [0.717, 1.165) is 25.3 Å². The second kappa shape index (κ2) is 7.64. The van der Waals surface area contributed by atoms with Crippen molar-refractivity contribution in [3.8, 4) is 0 Å². The summed E-state index contributed by atoms with van der Waals surface area (Å²) >= 11 is 0. The maximum absolute atomic E-state index is 8.97. The Hall–Kier alpha value is -1.54. The number of unbranched alkanes of at least 4 members (excludes halogenated alkanes) is 1. The van der Waals surface area contributed by atoms with Gasteiger partial charge in [0.1, 0.15) is 0 Å². The van der Waals surface area contributed by atoms with Gasteiger partial charge in [0.05, 0.1) is 0 Å². The molecule has 118 valence electrons. The summed E-state index contributed by atoms with van der Waals surface area (Å²) in [7, 11) is 0. The minimum Gasteiger partial charge on any atom is -0.396 e. The fourth-order valence-electron chi connectivity index (χ4n) is 3.55. The maximum atomic E-state index is 8.97. The number of allylic oxidation sites excluding steroid dienone is 1. The highest BCUT2D eigenvalue weighted by atomic mass is 16.2. The van der Waals surface area contributed by atoms with Crippen LogP contribution in [0.4, 0.5) is 0 Å². The predicted octanol–water partition coefficient (Wildman–Crippen LogP) is 5.01. The third kappa shape index (κ3) is 3.61. The average molecular weight is 297 g/mol. The van der Waals surface area contributed by atoms with E-state index in [-0.39, 0.29) is 6.61 Å². The Balaban J connectivity index is 1.80. The molecule has 1 saturated carbocycles. The van der Waals surface area contributed by atoms with Crippen molar-refractivity contribution >= 4 is 17.0 Å². The minimum absolute atomic E-state index is 0.285. The number of aliphatic hydroxyl groups excluding tert-OH is 1. The third-order valence-electron chi connectivity index (χ3n) is 4.82. The molecule has 2 aromatic rings. The van der Waals surface area contributed by atoms with Gasteiger partial charge in [-0.05, 0) is 43.2 Å². The van der Waals surface area contributed by atoms with E-state index < -0.39 is 0 Å². The van der Waals surface area contributed by atoms with Crippen LogP contribution in [0.15, 0.2) is 36.5 Å². The molecule has 1 N–H and O–H groups in total. The second-order valence-electron chi connectivity index (χ2n) is 6.48. The van der Waals surface area contributed by atoms with E-state index in [1.807, 2.05) is 0 Å². The monoisotopic (exact) mass is 297 g/mol. The first-order valence-electron chi connectivity index (χ1n) is 8.75. The quantitative estimate of drug-likeness (QED) is 0.745. The van der Waals surface area contributed by atoms with E-state index >= 15 is 0 Å². The van der Waals surface area contributed by atoms with E-state index in [1.54, 1.807) is 0 Å². The maximum Gasteiger partial charge on any atom is 0.0486 e. The van der Waals surface area contributed by atoms with Crippen molar-refractivity contribution in [3.63, 3.8) is 0 Å². The summed E-state index contributed by atoms with van der Waals surface area (Å²) in [4.78, 5) is 0. The highest BCUT2D eigenvalue weighted by Gasteiger charge is 2.11. The van der Waals surface area contributed by atoms with E-state index in [4.69, 9.17) is 5.11 Å². The zero-order chi connectivity index (χ0) is 15.2. The number of aromatic nitrogens is 1. The van der Waals surface area contributed by atoms with Crippen molar-refractivity contribution in [1.29, 1.82) is 0 Å². The van der Waals surface area contributed by atoms with Gasteiger partial charge >= 0.3 is 0 Å². The smallest absolute Gasteiger partial charge is 0.0486 e. The summed E-state index contributed by atoms with van der Waals surface area (Å²) in [6.45, 7) is 1.27. The Kier molecular flexibility index (Phi) is 5.33. The zero-order valence-electron chi connectivity index (χ0n) is 13.4. The Bertz CT molecular complexity index is 620. The molecule has 1 aromatic carbocycles. The number of para-hydroxylation sites is 1. The average Bonchev–Trinajstić information content (AvgIpc) is 2.93. The van der Waals surface area contributed by atoms with Gasteiger partial charge in [-0.2, -0.15) is 0 Å². The van der Waals surface area contributed by atoms with Crippen LogP contribution in [0.25, 0.3) is 17.0 Å². The lowest BCUT2D eigenvalue weighted by atomic mass is 9.89. The van der Waals surface area contributed by atoms with Gasteiger partial charge < -0.3 is 9.67 Å². The standard InChI is InChI=1S/C20H27NO/c22-15-7-6-14-21-16-18(19-10-4-5-11-20(19)21)13-12-17-8-2-1-3-9-17/h4-5,10-13,16-17,22H,1-3,6-9,14-15H2. The van der Waals surface area contributed by atoms with Gasteiger partial charge in [-0.1, -0.05) is 49.6 Å². The summed E-state index contributed by atoms with van der Waals surface area (Å²) in [6.07, 6.45) is 15.8. The molecule has 0 unspecified atom stereocenters. The molecular weight excluding hydrogens is 270 g/mol. The molecule has 0 bridgehead atoms. The fraction of sp³-hybridized carbons (Fsp3) is 0.500. The molecular formula is C20H27NO. The SMILES string of the molecule is OCCCCn1cc(C=CC2CCCCC2)c2ccccc21. The largest absolute Gasteiger partial charge is 0.396 e. The van der Waals surface area contributed by atoms with Crippen molar-refractivity contribution in [2.24, 2.45) is 5.92 Å². The van der Waals surface area contributed by atoms with Gasteiger partial charge in [-0.15, -0.1) is 0 Å². The molecule has 1 aliphatic carbocycles. The summed E-state index contributed by atoms with van der Waals surface area (Å²) in [5, 5.41) is 10.3. The molecule has 0 atom stereocenters. The predicted molar refractivity (Wildman–Crippen MR) is 93.9 cm³/mol. The number of fused-ring (bicyclic) bond motifs is 1. The second-order valence-corrected chi connectivity index (χ2v) is 6.48. The lowest BCUT2D eigenvalue weighted by Crippen LogP contribution is -2.02. The summed E-state index contributed by atoms with van der Waals surface area (Å²) in [5.74, 6) is 0.769. The van der Waals surface area contributed by atoms with Crippen LogP contribution in [0, 0.1) is 5.92 Å². The Morgan fingerprint density at radius 2 is 1.91 bits per heavy atom. The van der Waals surface area contributed by atoms with Crippen LogP contribution < -0.4 is 0 Å². The molecule has 1 fully saturated rings. The van der Waals surface area contributed by atoms with E-state index in [2.05, 4.69) is 47.2 Å². The molecule has 0 saturated heterocycles. The lowest BCUT2D eigenvalue weighted by Gasteiger charge is -2.17. The van der Waals surface area contributed by atoms with Crippen molar-refractivity contribution < 1.29 is 5.11 Å². The van der Waals surface area contributed by atoms with E-state index in [9.17, 15) is 0 Å². The fourth-order valence-corrected chi connectivity index (χ4v) is 3.55. The minimum atomic E-state index is 0.285. The van der Waals surface area contributed by atoms with Crippen molar-refractivity contribution in [2.45, 2.75) is 51.5 Å². The van der Waals surface area contributed by atoms with Crippen molar-refractivity contribution in [1.82, 2.24) is 4.57 Å². The molecule has 2 nitrogen and oxygen atoms in total. The third-order valence-corrected chi connectivity index (χ3v) is 4.82. The number of aryl methyl sites for hydroxylation is 1. The molecule has 2 heteroatoms. The highest BCUT2D eigenvalue weighted by Crippen LogP contribution is 2.27. The summed E-state index contributed by atoms with van der Waals surface area (Å²) < 4.78 is 2.34. The lowest BCUT2D eigenvalue weighted by molar-refractivity contribution is 0.281. The Labute approximate surface area is 133 Å². The molecule has 22 heavy (non-hydrogen) atoms. The Morgan fingerprint density at radius 1 is 1.09 bits per heavy atom. The molecule has 3 rings (SSSR count). The molecule has 1 heterocycles. The zero-order valence-corrected chi connectivity index (χ0v) is 13.4. The van der Waals surface area contributed by atoms with Gasteiger partial charge in [0.25, 0.3) is 0 Å². The van der Waals surface area contributed by atoms with Gasteiger partial charge in [0, 0.05) is 30.3 Å². The van der Waals surface area contributed by atoms with Crippen LogP contribution in [-0.2, 0) is 6.54 Å². The van der Waals surface area contributed by atoms with Crippen LogP contribution in [0.1, 0.15) is 50.5 Å². The van der Waals surface area contributed by atoms with E-state index in [0.29, 0.717) is 0 Å². The van der Waals surface area contributed by atoms with Crippen molar-refractivity contribution in [3.05, 3.63) is 42.1 Å². The first-order chi connectivity index (χ1) is 10.9. The molecule has 1 aliphatic rings. The summed E-state index contributed by atoms with van der Waals surface area (Å²) in [5.41, 5.74) is 2.65. The molecule has 1 aromatic heterocycles. The molecule has 0 aliphatic heterocycles. The number of rotatable bonds is 6. The number of hydrogen-bond acceptors (Lipinski definition) is 1. The first kappa shape index (κ1) is 15.4. The number of hydrogen-bond donors (Lipinski definition) is 1. The first-order valence-corrected chi connectivity index (χ1v) is 8.75. The topological polar surface area (TPSA) is 25.2 Å². The normalized spacial score (nSPS) is 16.8. The van der Waals surface area contributed by atoms with Gasteiger partial charge in [0.15, 0.2) is 0 Å². The van der Waals surface area contributed by atoms with Crippen LogP contribution in [-0.4, -0.2) is 16.3 Å².